The molecule has 0 radical (unpaired) electrons. The van der Waals surface area contributed by atoms with Gasteiger partial charge in [-0.05, 0) is 18.9 Å². The maximum atomic E-state index is 13.0. The summed E-state index contributed by atoms with van der Waals surface area (Å²) < 4.78 is 27.6. The molecule has 1 aliphatic rings. The minimum absolute atomic E-state index is 0.142. The van der Waals surface area contributed by atoms with E-state index in [-0.39, 0.29) is 5.69 Å². The number of nitrogens with zero attached hydrogens (tertiary/aromatic N) is 2. The second-order valence-electron chi connectivity index (χ2n) is 4.18. The molecule has 0 amide bonds. The molecular weight excluding hydrogens is 217 g/mol. The summed E-state index contributed by atoms with van der Waals surface area (Å²) >= 11 is 0. The molecule has 5 heteroatoms. The molecule has 1 aliphatic carbocycles. The lowest BCUT2D eigenvalue weighted by Gasteiger charge is -2.08. The summed E-state index contributed by atoms with van der Waals surface area (Å²) in [6.45, 7) is 0. The van der Waals surface area contributed by atoms with Crippen LogP contribution in [-0.2, 0) is 12.7 Å². The summed E-state index contributed by atoms with van der Waals surface area (Å²) in [7, 11) is 3.28. The highest BCUT2D eigenvalue weighted by Gasteiger charge is 2.30. The van der Waals surface area contributed by atoms with Crippen molar-refractivity contribution in [1.82, 2.24) is 9.78 Å². The zero-order chi connectivity index (χ0) is 11.1. The molecule has 1 atom stereocenters. The smallest absolute Gasteiger partial charge is 0.272 e. The third-order valence-corrected chi connectivity index (χ3v) is 3.33. The second kappa shape index (κ2) is 3.82. The molecule has 84 valence electrons. The molecule has 2 nitrogen and oxygen atoms in total. The van der Waals surface area contributed by atoms with E-state index in [1.807, 2.05) is 0 Å². The van der Waals surface area contributed by atoms with E-state index in [0.717, 1.165) is 18.5 Å². The normalized spacial score (nSPS) is 18.7. The van der Waals surface area contributed by atoms with Crippen molar-refractivity contribution in [3.05, 3.63) is 17.5 Å². The van der Waals surface area contributed by atoms with Gasteiger partial charge in [0.15, 0.2) is 0 Å². The fourth-order valence-electron chi connectivity index (χ4n) is 2.25. The molecule has 0 aliphatic heterocycles. The highest BCUT2D eigenvalue weighted by atomic mass is 31.0. The van der Waals surface area contributed by atoms with E-state index in [9.17, 15) is 8.78 Å². The van der Waals surface area contributed by atoms with Crippen molar-refractivity contribution in [3.63, 3.8) is 0 Å². The van der Waals surface area contributed by atoms with Crippen LogP contribution in [0.25, 0.3) is 0 Å². The maximum absolute atomic E-state index is 13.0. The first-order chi connectivity index (χ1) is 6.98. The van der Waals surface area contributed by atoms with Gasteiger partial charge in [0.25, 0.3) is 0 Å². The first kappa shape index (κ1) is 11.0. The molecule has 1 saturated carbocycles. The molecule has 15 heavy (non-hydrogen) atoms. The molecule has 2 rings (SSSR count). The van der Waals surface area contributed by atoms with Crippen LogP contribution in [0.1, 0.15) is 43.0 Å². The van der Waals surface area contributed by atoms with Gasteiger partial charge < -0.3 is 0 Å². The predicted octanol–water partition coefficient (Wildman–Crippen LogP) is 3.00. The number of aromatic nitrogens is 2. The van der Waals surface area contributed by atoms with E-state index in [4.69, 9.17) is 0 Å². The molecule has 1 fully saturated rings. The van der Waals surface area contributed by atoms with E-state index in [0.29, 0.717) is 5.92 Å². The summed E-state index contributed by atoms with van der Waals surface area (Å²) in [5, 5.41) is 3.87. The van der Waals surface area contributed by atoms with Gasteiger partial charge in [-0.3, -0.25) is 4.68 Å². The van der Waals surface area contributed by atoms with Crippen LogP contribution in [0.3, 0.4) is 0 Å². The fourth-order valence-corrected chi connectivity index (χ4v) is 2.39. The Labute approximate surface area is 90.2 Å². The predicted molar refractivity (Wildman–Crippen MR) is 58.0 cm³/mol. The van der Waals surface area contributed by atoms with E-state index in [2.05, 4.69) is 5.10 Å². The van der Waals surface area contributed by atoms with Gasteiger partial charge in [0, 0.05) is 18.7 Å². The zero-order valence-corrected chi connectivity index (χ0v) is 9.87. The number of rotatable bonds is 2. The summed E-state index contributed by atoms with van der Waals surface area (Å²) in [5.41, 5.74) is -2.10. The minimum Gasteiger partial charge on any atom is -0.272 e. The van der Waals surface area contributed by atoms with Crippen molar-refractivity contribution in [2.45, 2.75) is 37.3 Å². The molecule has 1 heterocycles. The van der Waals surface area contributed by atoms with E-state index >= 15 is 0 Å². The Morgan fingerprint density at radius 1 is 1.47 bits per heavy atom. The van der Waals surface area contributed by atoms with Gasteiger partial charge in [-0.1, -0.05) is 22.1 Å². The van der Waals surface area contributed by atoms with Gasteiger partial charge in [0.2, 0.25) is 0 Å². The summed E-state index contributed by atoms with van der Waals surface area (Å²) in [6, 6.07) is 1.54. The van der Waals surface area contributed by atoms with Crippen LogP contribution in [0.4, 0.5) is 8.78 Å². The van der Waals surface area contributed by atoms with Crippen molar-refractivity contribution in [2.75, 3.05) is 0 Å². The molecule has 0 spiro atoms. The largest absolute Gasteiger partial charge is 0.302 e. The van der Waals surface area contributed by atoms with Crippen LogP contribution in [0.15, 0.2) is 6.07 Å². The Balaban J connectivity index is 2.29. The van der Waals surface area contributed by atoms with Gasteiger partial charge in [0.1, 0.15) is 5.69 Å². The fraction of sp³-hybridized carbons (Fsp3) is 0.700. The molecule has 0 aromatic carbocycles. The van der Waals surface area contributed by atoms with Crippen LogP contribution in [0.5, 0.6) is 0 Å². The van der Waals surface area contributed by atoms with Crippen molar-refractivity contribution >= 4 is 9.24 Å². The van der Waals surface area contributed by atoms with E-state index in [1.165, 1.54) is 22.1 Å². The van der Waals surface area contributed by atoms with E-state index in [1.54, 1.807) is 17.8 Å². The van der Waals surface area contributed by atoms with Gasteiger partial charge in [-0.15, -0.1) is 0 Å². The van der Waals surface area contributed by atoms with Gasteiger partial charge >= 0.3 is 5.66 Å². The molecule has 1 aromatic rings. The Morgan fingerprint density at radius 2 is 2.07 bits per heavy atom. The monoisotopic (exact) mass is 232 g/mol. The number of alkyl halides is 2. The lowest BCUT2D eigenvalue weighted by molar-refractivity contribution is 0.0979. The van der Waals surface area contributed by atoms with Crippen molar-refractivity contribution in [2.24, 2.45) is 7.05 Å². The number of aryl methyl sites for hydroxylation is 1. The van der Waals surface area contributed by atoms with Crippen LogP contribution in [0, 0.1) is 0 Å². The number of hydrogen-bond acceptors (Lipinski definition) is 1. The third kappa shape index (κ3) is 2.20. The Morgan fingerprint density at radius 3 is 2.53 bits per heavy atom. The molecule has 0 N–H and O–H groups in total. The standard InChI is InChI=1S/C10H15F2N2P/c1-14-8(7-4-2-3-5-7)6-9(13-14)10(11,12)15/h6-7H,2-5,15H2,1H3. The first-order valence-corrected chi connectivity index (χ1v) is 5.77. The first-order valence-electron chi connectivity index (χ1n) is 5.19. The SMILES string of the molecule is Cn1nc(C(F)(F)P)cc1C1CCCC1. The molecular formula is C10H15F2N2P. The molecule has 0 saturated heterocycles. The summed E-state index contributed by atoms with van der Waals surface area (Å²) in [6.07, 6.45) is 4.59. The highest BCUT2D eigenvalue weighted by molar-refractivity contribution is 7.17. The average Bonchev–Trinajstić information content (AvgIpc) is 2.69. The minimum atomic E-state index is -2.91. The van der Waals surface area contributed by atoms with Crippen LogP contribution in [0.2, 0.25) is 0 Å². The molecule has 1 unspecified atom stereocenters. The summed E-state index contributed by atoms with van der Waals surface area (Å²) in [5.74, 6) is 0.420. The zero-order valence-electron chi connectivity index (χ0n) is 8.71. The Bertz CT molecular complexity index is 351. The number of hydrogen-bond donors (Lipinski definition) is 0. The van der Waals surface area contributed by atoms with Crippen molar-refractivity contribution in [1.29, 1.82) is 0 Å². The van der Waals surface area contributed by atoms with Crippen molar-refractivity contribution < 1.29 is 8.78 Å². The lowest BCUT2D eigenvalue weighted by atomic mass is 10.0. The van der Waals surface area contributed by atoms with Crippen molar-refractivity contribution in [3.8, 4) is 0 Å². The van der Waals surface area contributed by atoms with E-state index < -0.39 is 5.66 Å². The Hall–Kier alpha value is -0.500. The van der Waals surface area contributed by atoms with Gasteiger partial charge in [0.05, 0.1) is 0 Å². The van der Waals surface area contributed by atoms with Crippen LogP contribution >= 0.6 is 9.24 Å². The third-order valence-electron chi connectivity index (χ3n) is 3.03. The lowest BCUT2D eigenvalue weighted by Crippen LogP contribution is -2.05. The van der Waals surface area contributed by atoms with Crippen LogP contribution < -0.4 is 0 Å². The van der Waals surface area contributed by atoms with Gasteiger partial charge in [-0.25, -0.2) is 0 Å². The molecule has 1 aromatic heterocycles. The maximum Gasteiger partial charge on any atom is 0.302 e. The Kier molecular flexibility index (Phi) is 2.80. The van der Waals surface area contributed by atoms with Gasteiger partial charge in [-0.2, -0.15) is 13.9 Å². The summed E-state index contributed by atoms with van der Waals surface area (Å²) in [4.78, 5) is 0. The quantitative estimate of drug-likeness (QED) is 0.717. The topological polar surface area (TPSA) is 17.8 Å². The average molecular weight is 232 g/mol. The molecule has 0 bridgehead atoms. The number of halogens is 2. The van der Waals surface area contributed by atoms with Crippen LogP contribution in [-0.4, -0.2) is 9.78 Å². The second-order valence-corrected chi connectivity index (χ2v) is 4.91. The highest BCUT2D eigenvalue weighted by Crippen LogP contribution is 2.38.